The van der Waals surface area contributed by atoms with Gasteiger partial charge in [-0.25, -0.2) is 0 Å². The van der Waals surface area contributed by atoms with Crippen LogP contribution in [-0.2, 0) is 6.54 Å². The first-order chi connectivity index (χ1) is 8.61. The molecule has 0 radical (unpaired) electrons. The number of hydrogen-bond acceptors (Lipinski definition) is 4. The van der Waals surface area contributed by atoms with Gasteiger partial charge in [0.2, 0.25) is 0 Å². The third-order valence-corrected chi connectivity index (χ3v) is 3.70. The van der Waals surface area contributed by atoms with Crippen LogP contribution in [-0.4, -0.2) is 42.1 Å². The summed E-state index contributed by atoms with van der Waals surface area (Å²) < 4.78 is 0. The Morgan fingerprint density at radius 2 is 1.94 bits per heavy atom. The summed E-state index contributed by atoms with van der Waals surface area (Å²) in [6, 6.07) is 2.80. The maximum atomic E-state index is 5.81. The minimum Gasteiger partial charge on any atom is -0.369 e. The lowest BCUT2D eigenvalue weighted by Gasteiger charge is -2.38. The number of rotatable bonds is 3. The van der Waals surface area contributed by atoms with Gasteiger partial charge >= 0.3 is 0 Å². The molecule has 0 bridgehead atoms. The SMILES string of the molecule is Cc1cc(N2CCN(C(C)C)CC2)c(CN)cn1. The van der Waals surface area contributed by atoms with E-state index in [0.29, 0.717) is 12.6 Å². The van der Waals surface area contributed by atoms with Crippen molar-refractivity contribution in [2.24, 2.45) is 5.73 Å². The van der Waals surface area contributed by atoms with Crippen molar-refractivity contribution in [1.29, 1.82) is 0 Å². The molecule has 1 aliphatic rings. The lowest BCUT2D eigenvalue weighted by molar-refractivity contribution is 0.209. The summed E-state index contributed by atoms with van der Waals surface area (Å²) in [6.45, 7) is 11.5. The monoisotopic (exact) mass is 248 g/mol. The molecule has 2 rings (SSSR count). The summed E-state index contributed by atoms with van der Waals surface area (Å²) in [5, 5.41) is 0. The lowest BCUT2D eigenvalue weighted by atomic mass is 10.1. The zero-order valence-corrected chi connectivity index (χ0v) is 11.7. The Morgan fingerprint density at radius 3 is 2.50 bits per heavy atom. The van der Waals surface area contributed by atoms with E-state index in [0.717, 1.165) is 37.4 Å². The van der Waals surface area contributed by atoms with E-state index in [9.17, 15) is 0 Å². The predicted octanol–water partition coefficient (Wildman–Crippen LogP) is 1.38. The summed E-state index contributed by atoms with van der Waals surface area (Å²) in [6.07, 6.45) is 1.92. The molecule has 2 N–H and O–H groups in total. The van der Waals surface area contributed by atoms with Crippen LogP contribution in [0.15, 0.2) is 12.3 Å². The molecule has 0 amide bonds. The first-order valence-corrected chi connectivity index (χ1v) is 6.76. The van der Waals surface area contributed by atoms with Crippen molar-refractivity contribution in [3.05, 3.63) is 23.5 Å². The molecule has 1 aliphatic heterocycles. The van der Waals surface area contributed by atoms with Gasteiger partial charge in [0, 0.05) is 61.9 Å². The molecule has 0 aromatic carbocycles. The van der Waals surface area contributed by atoms with Gasteiger partial charge in [0.1, 0.15) is 0 Å². The molecule has 1 aromatic heterocycles. The van der Waals surface area contributed by atoms with E-state index in [2.05, 4.69) is 34.7 Å². The average molecular weight is 248 g/mol. The molecular weight excluding hydrogens is 224 g/mol. The number of nitrogens with two attached hydrogens (primary N) is 1. The second kappa shape index (κ2) is 5.67. The molecule has 0 unspecified atom stereocenters. The summed E-state index contributed by atoms with van der Waals surface area (Å²) in [5.41, 5.74) is 9.29. The Kier molecular flexibility index (Phi) is 4.19. The van der Waals surface area contributed by atoms with Crippen LogP contribution in [0.4, 0.5) is 5.69 Å². The molecule has 100 valence electrons. The molecule has 1 fully saturated rings. The summed E-state index contributed by atoms with van der Waals surface area (Å²) in [4.78, 5) is 9.29. The van der Waals surface area contributed by atoms with Crippen molar-refractivity contribution in [2.75, 3.05) is 31.1 Å². The van der Waals surface area contributed by atoms with Gasteiger partial charge in [-0.3, -0.25) is 9.88 Å². The number of pyridine rings is 1. The highest BCUT2D eigenvalue weighted by Gasteiger charge is 2.20. The van der Waals surface area contributed by atoms with Gasteiger partial charge in [-0.1, -0.05) is 0 Å². The van der Waals surface area contributed by atoms with Crippen molar-refractivity contribution < 1.29 is 0 Å². The van der Waals surface area contributed by atoms with Gasteiger partial charge in [0.25, 0.3) is 0 Å². The lowest BCUT2D eigenvalue weighted by Crippen LogP contribution is -2.49. The van der Waals surface area contributed by atoms with Gasteiger partial charge in [0.05, 0.1) is 0 Å². The summed E-state index contributed by atoms with van der Waals surface area (Å²) >= 11 is 0. The fourth-order valence-corrected chi connectivity index (χ4v) is 2.50. The Bertz CT molecular complexity index is 395. The van der Waals surface area contributed by atoms with Crippen molar-refractivity contribution in [1.82, 2.24) is 9.88 Å². The van der Waals surface area contributed by atoms with Crippen LogP contribution in [0, 0.1) is 6.92 Å². The highest BCUT2D eigenvalue weighted by molar-refractivity contribution is 5.54. The van der Waals surface area contributed by atoms with Gasteiger partial charge in [-0.15, -0.1) is 0 Å². The predicted molar refractivity (Wildman–Crippen MR) is 75.8 cm³/mol. The number of hydrogen-bond donors (Lipinski definition) is 1. The Balaban J connectivity index is 2.11. The van der Waals surface area contributed by atoms with Crippen LogP contribution >= 0.6 is 0 Å². The molecule has 0 atom stereocenters. The van der Waals surface area contributed by atoms with Crippen LogP contribution in [0.25, 0.3) is 0 Å². The van der Waals surface area contributed by atoms with Gasteiger partial charge < -0.3 is 10.6 Å². The first-order valence-electron chi connectivity index (χ1n) is 6.76. The van der Waals surface area contributed by atoms with Crippen LogP contribution in [0.3, 0.4) is 0 Å². The van der Waals surface area contributed by atoms with Crippen molar-refractivity contribution in [3.63, 3.8) is 0 Å². The van der Waals surface area contributed by atoms with Crippen LogP contribution in [0.2, 0.25) is 0 Å². The quantitative estimate of drug-likeness (QED) is 0.878. The number of aryl methyl sites for hydroxylation is 1. The molecule has 0 spiro atoms. The van der Waals surface area contributed by atoms with E-state index in [1.807, 2.05) is 13.1 Å². The topological polar surface area (TPSA) is 45.4 Å². The van der Waals surface area contributed by atoms with Gasteiger partial charge in [0.15, 0.2) is 0 Å². The van der Waals surface area contributed by atoms with Crippen LogP contribution < -0.4 is 10.6 Å². The molecule has 1 aromatic rings. The second-order valence-electron chi connectivity index (χ2n) is 5.28. The summed E-state index contributed by atoms with van der Waals surface area (Å²) in [5.74, 6) is 0. The van der Waals surface area contributed by atoms with Crippen molar-refractivity contribution in [3.8, 4) is 0 Å². The molecule has 4 heteroatoms. The zero-order valence-electron chi connectivity index (χ0n) is 11.7. The normalized spacial score (nSPS) is 17.5. The Morgan fingerprint density at radius 1 is 1.28 bits per heavy atom. The molecule has 18 heavy (non-hydrogen) atoms. The first kappa shape index (κ1) is 13.3. The number of anilines is 1. The summed E-state index contributed by atoms with van der Waals surface area (Å²) in [7, 11) is 0. The third-order valence-electron chi connectivity index (χ3n) is 3.70. The van der Waals surface area contributed by atoms with Gasteiger partial charge in [-0.2, -0.15) is 0 Å². The van der Waals surface area contributed by atoms with Crippen molar-refractivity contribution >= 4 is 5.69 Å². The number of aromatic nitrogens is 1. The van der Waals surface area contributed by atoms with Crippen LogP contribution in [0.1, 0.15) is 25.1 Å². The molecule has 1 saturated heterocycles. The maximum Gasteiger partial charge on any atom is 0.0446 e. The highest BCUT2D eigenvalue weighted by Crippen LogP contribution is 2.22. The molecular formula is C14H24N4. The Labute approximate surface area is 110 Å². The fraction of sp³-hybridized carbons (Fsp3) is 0.643. The smallest absolute Gasteiger partial charge is 0.0446 e. The highest BCUT2D eigenvalue weighted by atomic mass is 15.3. The zero-order chi connectivity index (χ0) is 13.1. The van der Waals surface area contributed by atoms with E-state index >= 15 is 0 Å². The van der Waals surface area contributed by atoms with E-state index < -0.39 is 0 Å². The number of nitrogens with zero attached hydrogens (tertiary/aromatic N) is 3. The van der Waals surface area contributed by atoms with E-state index in [1.165, 1.54) is 5.69 Å². The van der Waals surface area contributed by atoms with Gasteiger partial charge in [-0.05, 0) is 26.8 Å². The third kappa shape index (κ3) is 2.82. The maximum absolute atomic E-state index is 5.81. The van der Waals surface area contributed by atoms with E-state index in [-0.39, 0.29) is 0 Å². The fourth-order valence-electron chi connectivity index (χ4n) is 2.50. The van der Waals surface area contributed by atoms with E-state index in [1.54, 1.807) is 0 Å². The van der Waals surface area contributed by atoms with Crippen molar-refractivity contribution in [2.45, 2.75) is 33.4 Å². The van der Waals surface area contributed by atoms with Crippen LogP contribution in [0.5, 0.6) is 0 Å². The largest absolute Gasteiger partial charge is 0.369 e. The molecule has 0 saturated carbocycles. The standard InChI is InChI=1S/C14H24N4/c1-11(2)17-4-6-18(7-5-17)14-8-12(3)16-10-13(14)9-15/h8,10-11H,4-7,9,15H2,1-3H3. The molecule has 2 heterocycles. The average Bonchev–Trinajstić information content (AvgIpc) is 2.39. The minimum atomic E-state index is 0.563. The second-order valence-corrected chi connectivity index (χ2v) is 5.28. The Hall–Kier alpha value is -1.13. The van der Waals surface area contributed by atoms with E-state index in [4.69, 9.17) is 5.73 Å². The molecule has 4 nitrogen and oxygen atoms in total. The number of piperazine rings is 1. The minimum absolute atomic E-state index is 0.563. The molecule has 0 aliphatic carbocycles.